The molecule has 0 fully saturated rings. The Morgan fingerprint density at radius 1 is 0.870 bits per heavy atom. The lowest BCUT2D eigenvalue weighted by atomic mass is 10.2. The van der Waals surface area contributed by atoms with Gasteiger partial charge in [-0.05, 0) is 17.7 Å². The fraction of sp³-hybridized carbons (Fsp3) is 0.0588. The second-order valence-electron chi connectivity index (χ2n) is 4.91. The molecule has 0 radical (unpaired) electrons. The highest BCUT2D eigenvalue weighted by Crippen LogP contribution is 2.29. The van der Waals surface area contributed by atoms with Crippen LogP contribution < -0.4 is 21.5 Å². The van der Waals surface area contributed by atoms with Gasteiger partial charge in [0.1, 0.15) is 12.3 Å². The van der Waals surface area contributed by atoms with Crippen molar-refractivity contribution in [1.29, 1.82) is 0 Å². The molecule has 23 heavy (non-hydrogen) atoms. The predicted molar refractivity (Wildman–Crippen MR) is 91.4 cm³/mol. The number of nitrogens with one attached hydrogen (secondary N) is 1. The highest BCUT2D eigenvalue weighted by Gasteiger charge is 2.12. The minimum absolute atomic E-state index is 0.0979. The Labute approximate surface area is 134 Å². The zero-order valence-corrected chi connectivity index (χ0v) is 12.4. The SMILES string of the molecule is Nc1nc(Nc2ccccc2)c(N)c(OCc2ccccc2)n1. The van der Waals surface area contributed by atoms with Crippen LogP contribution in [0.2, 0.25) is 0 Å². The molecule has 0 saturated carbocycles. The molecule has 0 amide bonds. The summed E-state index contributed by atoms with van der Waals surface area (Å²) in [5, 5.41) is 3.12. The van der Waals surface area contributed by atoms with Gasteiger partial charge in [0.2, 0.25) is 11.8 Å². The van der Waals surface area contributed by atoms with Gasteiger partial charge in [-0.1, -0.05) is 48.5 Å². The average Bonchev–Trinajstić information content (AvgIpc) is 2.58. The Balaban J connectivity index is 1.81. The number of anilines is 4. The van der Waals surface area contributed by atoms with E-state index >= 15 is 0 Å². The summed E-state index contributed by atoms with van der Waals surface area (Å²) in [4.78, 5) is 8.20. The molecule has 0 aliphatic rings. The Hall–Kier alpha value is -3.28. The minimum Gasteiger partial charge on any atom is -0.471 e. The highest BCUT2D eigenvalue weighted by atomic mass is 16.5. The summed E-state index contributed by atoms with van der Waals surface area (Å²) in [6.07, 6.45) is 0. The summed E-state index contributed by atoms with van der Waals surface area (Å²) in [6, 6.07) is 19.3. The first kappa shape index (κ1) is 14.6. The molecule has 3 rings (SSSR count). The molecule has 1 aromatic heterocycles. The van der Waals surface area contributed by atoms with E-state index in [-0.39, 0.29) is 11.8 Å². The van der Waals surface area contributed by atoms with Crippen LogP contribution in [0.4, 0.5) is 23.1 Å². The number of rotatable bonds is 5. The molecule has 0 bridgehead atoms. The van der Waals surface area contributed by atoms with Gasteiger partial charge < -0.3 is 21.5 Å². The van der Waals surface area contributed by atoms with Gasteiger partial charge in [0, 0.05) is 5.69 Å². The fourth-order valence-corrected chi connectivity index (χ4v) is 2.05. The normalized spacial score (nSPS) is 10.3. The largest absolute Gasteiger partial charge is 0.471 e. The van der Waals surface area contributed by atoms with Crippen molar-refractivity contribution in [1.82, 2.24) is 9.97 Å². The molecule has 116 valence electrons. The van der Waals surface area contributed by atoms with Gasteiger partial charge in [0.05, 0.1) is 0 Å². The number of ether oxygens (including phenoxy) is 1. The van der Waals surface area contributed by atoms with Crippen LogP contribution in [0.1, 0.15) is 5.56 Å². The lowest BCUT2D eigenvalue weighted by molar-refractivity contribution is 0.296. The second-order valence-corrected chi connectivity index (χ2v) is 4.91. The van der Waals surface area contributed by atoms with Crippen molar-refractivity contribution in [3.05, 3.63) is 66.2 Å². The van der Waals surface area contributed by atoms with Gasteiger partial charge in [-0.3, -0.25) is 0 Å². The third-order valence-electron chi connectivity index (χ3n) is 3.18. The summed E-state index contributed by atoms with van der Waals surface area (Å²) in [6.45, 7) is 0.353. The van der Waals surface area contributed by atoms with E-state index in [4.69, 9.17) is 16.2 Å². The van der Waals surface area contributed by atoms with E-state index in [1.165, 1.54) is 0 Å². The molecule has 3 aromatic rings. The molecular formula is C17H17N5O. The number of para-hydroxylation sites is 1. The van der Waals surface area contributed by atoms with E-state index in [0.717, 1.165) is 11.3 Å². The third-order valence-corrected chi connectivity index (χ3v) is 3.18. The van der Waals surface area contributed by atoms with E-state index in [2.05, 4.69) is 15.3 Å². The Morgan fingerprint density at radius 2 is 1.52 bits per heavy atom. The Morgan fingerprint density at radius 3 is 2.22 bits per heavy atom. The molecule has 0 aliphatic carbocycles. The maximum atomic E-state index is 6.10. The number of nitrogen functional groups attached to an aromatic ring is 2. The number of nitrogens with zero attached hydrogens (tertiary/aromatic N) is 2. The van der Waals surface area contributed by atoms with Gasteiger partial charge in [-0.25, -0.2) is 0 Å². The molecule has 5 N–H and O–H groups in total. The number of hydrogen-bond donors (Lipinski definition) is 3. The van der Waals surface area contributed by atoms with Gasteiger partial charge in [0.25, 0.3) is 0 Å². The first-order chi connectivity index (χ1) is 11.2. The van der Waals surface area contributed by atoms with Crippen LogP contribution in [0, 0.1) is 0 Å². The first-order valence-electron chi connectivity index (χ1n) is 7.14. The maximum absolute atomic E-state index is 6.10. The average molecular weight is 307 g/mol. The summed E-state index contributed by atoms with van der Waals surface area (Å²) >= 11 is 0. The van der Waals surface area contributed by atoms with Gasteiger partial charge in [-0.2, -0.15) is 9.97 Å². The van der Waals surface area contributed by atoms with Crippen molar-refractivity contribution in [3.63, 3.8) is 0 Å². The molecule has 0 spiro atoms. The third kappa shape index (κ3) is 3.68. The van der Waals surface area contributed by atoms with Crippen LogP contribution in [0.15, 0.2) is 60.7 Å². The minimum atomic E-state index is 0.0979. The van der Waals surface area contributed by atoms with E-state index in [0.29, 0.717) is 18.1 Å². The summed E-state index contributed by atoms with van der Waals surface area (Å²) < 4.78 is 5.69. The van der Waals surface area contributed by atoms with Gasteiger partial charge in [0.15, 0.2) is 5.82 Å². The maximum Gasteiger partial charge on any atom is 0.244 e. The van der Waals surface area contributed by atoms with Gasteiger partial charge in [-0.15, -0.1) is 0 Å². The first-order valence-corrected chi connectivity index (χ1v) is 7.14. The number of hydrogen-bond acceptors (Lipinski definition) is 6. The summed E-state index contributed by atoms with van der Waals surface area (Å²) in [5.74, 6) is 0.784. The van der Waals surface area contributed by atoms with E-state index in [1.54, 1.807) is 0 Å². The molecule has 0 atom stereocenters. The topological polar surface area (TPSA) is 99.1 Å². The zero-order chi connectivity index (χ0) is 16.1. The highest BCUT2D eigenvalue weighted by molar-refractivity contribution is 5.73. The van der Waals surface area contributed by atoms with Crippen molar-refractivity contribution in [2.45, 2.75) is 6.61 Å². The molecule has 6 heteroatoms. The molecule has 1 heterocycles. The predicted octanol–water partition coefficient (Wildman–Crippen LogP) is 2.96. The smallest absolute Gasteiger partial charge is 0.244 e. The molecule has 0 aliphatic heterocycles. The summed E-state index contributed by atoms with van der Waals surface area (Å²) in [5.41, 5.74) is 14.0. The number of aromatic nitrogens is 2. The van der Waals surface area contributed by atoms with Crippen molar-refractivity contribution in [3.8, 4) is 5.88 Å². The van der Waals surface area contributed by atoms with E-state index < -0.39 is 0 Å². The Kier molecular flexibility index (Phi) is 4.24. The van der Waals surface area contributed by atoms with E-state index in [1.807, 2.05) is 60.7 Å². The van der Waals surface area contributed by atoms with Crippen LogP contribution in [-0.2, 0) is 6.61 Å². The molecule has 0 unspecified atom stereocenters. The monoisotopic (exact) mass is 307 g/mol. The molecular weight excluding hydrogens is 290 g/mol. The molecule has 0 saturated heterocycles. The molecule has 6 nitrogen and oxygen atoms in total. The van der Waals surface area contributed by atoms with Crippen LogP contribution in [0.5, 0.6) is 5.88 Å². The number of nitrogens with two attached hydrogens (primary N) is 2. The van der Waals surface area contributed by atoms with Crippen molar-refractivity contribution < 1.29 is 4.74 Å². The quantitative estimate of drug-likeness (QED) is 0.670. The lowest BCUT2D eigenvalue weighted by Crippen LogP contribution is -2.08. The molecule has 2 aromatic carbocycles. The van der Waals surface area contributed by atoms with Crippen molar-refractivity contribution >= 4 is 23.1 Å². The Bertz CT molecular complexity index is 778. The zero-order valence-electron chi connectivity index (χ0n) is 12.4. The van der Waals surface area contributed by atoms with Crippen LogP contribution in [-0.4, -0.2) is 9.97 Å². The van der Waals surface area contributed by atoms with Crippen molar-refractivity contribution in [2.75, 3.05) is 16.8 Å². The lowest BCUT2D eigenvalue weighted by Gasteiger charge is -2.13. The van der Waals surface area contributed by atoms with Crippen LogP contribution in [0.3, 0.4) is 0 Å². The summed E-state index contributed by atoms with van der Waals surface area (Å²) in [7, 11) is 0. The van der Waals surface area contributed by atoms with E-state index in [9.17, 15) is 0 Å². The number of benzene rings is 2. The standard InChI is InChI=1S/C17H17N5O/c18-14-15(20-13-9-5-2-6-10-13)21-17(19)22-16(14)23-11-12-7-3-1-4-8-12/h1-10H,11,18H2,(H3,19,20,21,22). The second kappa shape index (κ2) is 6.65. The van der Waals surface area contributed by atoms with Crippen LogP contribution in [0.25, 0.3) is 0 Å². The van der Waals surface area contributed by atoms with Gasteiger partial charge >= 0.3 is 0 Å². The van der Waals surface area contributed by atoms with Crippen molar-refractivity contribution in [2.24, 2.45) is 0 Å². The van der Waals surface area contributed by atoms with Crippen LogP contribution >= 0.6 is 0 Å². The fourth-order valence-electron chi connectivity index (χ4n) is 2.05.